The molecule has 0 radical (unpaired) electrons. The molecule has 0 saturated heterocycles. The molecule has 1 aromatic heterocycles. The Morgan fingerprint density at radius 3 is 2.42 bits per heavy atom. The molecule has 0 aliphatic carbocycles. The number of nitrogens with zero attached hydrogens (tertiary/aromatic N) is 3. The van der Waals surface area contributed by atoms with Crippen LogP contribution >= 0.6 is 0 Å². The predicted molar refractivity (Wildman–Crippen MR) is 105 cm³/mol. The van der Waals surface area contributed by atoms with Crippen molar-refractivity contribution < 1.29 is 4.79 Å². The fourth-order valence-corrected chi connectivity index (χ4v) is 2.40. The maximum absolute atomic E-state index is 12.4. The van der Waals surface area contributed by atoms with Crippen molar-refractivity contribution in [2.45, 2.75) is 6.54 Å². The van der Waals surface area contributed by atoms with E-state index in [1.165, 1.54) is 6.33 Å². The van der Waals surface area contributed by atoms with E-state index < -0.39 is 0 Å². The predicted octanol–water partition coefficient (Wildman–Crippen LogP) is 3.41. The van der Waals surface area contributed by atoms with Crippen molar-refractivity contribution in [2.75, 3.05) is 29.6 Å². The number of anilines is 3. The van der Waals surface area contributed by atoms with E-state index >= 15 is 0 Å². The number of carbonyl (C=O) groups is 1. The molecule has 2 aromatic carbocycles. The molecule has 26 heavy (non-hydrogen) atoms. The molecule has 0 fully saturated rings. The SMILES string of the molecule is CN(C)c1ccc(NC(=O)c2cc(NCc3ccccc3)ncn2)cc1. The van der Waals surface area contributed by atoms with Crippen LogP contribution in [0.4, 0.5) is 17.2 Å². The van der Waals surface area contributed by atoms with Gasteiger partial charge < -0.3 is 15.5 Å². The summed E-state index contributed by atoms with van der Waals surface area (Å²) in [4.78, 5) is 22.7. The molecule has 0 saturated carbocycles. The van der Waals surface area contributed by atoms with Gasteiger partial charge in [-0.05, 0) is 29.8 Å². The molecule has 0 bridgehead atoms. The molecule has 3 aromatic rings. The summed E-state index contributed by atoms with van der Waals surface area (Å²) >= 11 is 0. The van der Waals surface area contributed by atoms with Crippen LogP contribution in [0.15, 0.2) is 67.0 Å². The standard InChI is InChI=1S/C20H21N5O/c1-25(2)17-10-8-16(9-11-17)24-20(26)18-12-19(23-14-22-18)21-13-15-6-4-3-5-7-15/h3-12,14H,13H2,1-2H3,(H,24,26)(H,21,22,23). The van der Waals surface area contributed by atoms with Crippen LogP contribution in [0, 0.1) is 0 Å². The highest BCUT2D eigenvalue weighted by Gasteiger charge is 2.09. The van der Waals surface area contributed by atoms with Crippen LogP contribution in [0.2, 0.25) is 0 Å². The highest BCUT2D eigenvalue weighted by molar-refractivity contribution is 6.03. The van der Waals surface area contributed by atoms with Crippen molar-refractivity contribution in [1.82, 2.24) is 9.97 Å². The normalized spacial score (nSPS) is 10.2. The van der Waals surface area contributed by atoms with Gasteiger partial charge in [0.05, 0.1) is 0 Å². The number of benzene rings is 2. The van der Waals surface area contributed by atoms with Crippen molar-refractivity contribution in [3.05, 3.63) is 78.2 Å². The summed E-state index contributed by atoms with van der Waals surface area (Å²) in [5, 5.41) is 6.05. The fourth-order valence-electron chi connectivity index (χ4n) is 2.40. The Balaban J connectivity index is 1.64. The van der Waals surface area contributed by atoms with Crippen LogP contribution in [-0.2, 0) is 6.54 Å². The monoisotopic (exact) mass is 347 g/mol. The van der Waals surface area contributed by atoms with Crippen LogP contribution in [-0.4, -0.2) is 30.0 Å². The zero-order valence-corrected chi connectivity index (χ0v) is 14.8. The van der Waals surface area contributed by atoms with Crippen LogP contribution in [0.1, 0.15) is 16.1 Å². The summed E-state index contributed by atoms with van der Waals surface area (Å²) in [6.45, 7) is 0.630. The van der Waals surface area contributed by atoms with Crippen LogP contribution in [0.5, 0.6) is 0 Å². The number of nitrogens with one attached hydrogen (secondary N) is 2. The van der Waals surface area contributed by atoms with E-state index in [0.717, 1.165) is 16.9 Å². The average Bonchev–Trinajstić information content (AvgIpc) is 2.68. The number of aromatic nitrogens is 2. The lowest BCUT2D eigenvalue weighted by atomic mass is 10.2. The molecular formula is C20H21N5O. The minimum absolute atomic E-state index is 0.271. The molecule has 132 valence electrons. The number of carbonyl (C=O) groups excluding carboxylic acids is 1. The third-order valence-corrected chi connectivity index (χ3v) is 3.86. The first-order valence-corrected chi connectivity index (χ1v) is 8.30. The van der Waals surface area contributed by atoms with Crippen LogP contribution in [0.25, 0.3) is 0 Å². The largest absolute Gasteiger partial charge is 0.378 e. The third kappa shape index (κ3) is 4.57. The van der Waals surface area contributed by atoms with E-state index in [1.807, 2.05) is 73.6 Å². The van der Waals surface area contributed by atoms with Gasteiger partial charge in [-0.2, -0.15) is 0 Å². The van der Waals surface area contributed by atoms with Gasteiger partial charge in [0.25, 0.3) is 5.91 Å². The molecule has 1 heterocycles. The lowest BCUT2D eigenvalue weighted by molar-refractivity contribution is 0.102. The molecule has 3 rings (SSSR count). The summed E-state index contributed by atoms with van der Waals surface area (Å²) in [6, 6.07) is 19.3. The van der Waals surface area contributed by atoms with Crippen LogP contribution < -0.4 is 15.5 Å². The van der Waals surface area contributed by atoms with E-state index in [2.05, 4.69) is 20.6 Å². The Labute approximate surface area is 152 Å². The lowest BCUT2D eigenvalue weighted by Crippen LogP contribution is -2.15. The molecule has 0 atom stereocenters. The van der Waals surface area contributed by atoms with Gasteiger partial charge in [0.2, 0.25) is 0 Å². The molecule has 0 aliphatic rings. The van der Waals surface area contributed by atoms with E-state index in [0.29, 0.717) is 18.1 Å². The Bertz CT molecular complexity index is 863. The van der Waals surface area contributed by atoms with Gasteiger partial charge in [0.15, 0.2) is 0 Å². The Hall–Kier alpha value is -3.41. The number of hydrogen-bond donors (Lipinski definition) is 2. The van der Waals surface area contributed by atoms with Gasteiger partial charge in [0.1, 0.15) is 17.8 Å². The second-order valence-corrected chi connectivity index (χ2v) is 6.02. The second-order valence-electron chi connectivity index (χ2n) is 6.02. The van der Waals surface area contributed by atoms with Gasteiger partial charge in [0, 0.05) is 38.1 Å². The van der Waals surface area contributed by atoms with Crippen molar-refractivity contribution in [3.8, 4) is 0 Å². The highest BCUT2D eigenvalue weighted by atomic mass is 16.1. The van der Waals surface area contributed by atoms with Crippen molar-refractivity contribution in [2.24, 2.45) is 0 Å². The van der Waals surface area contributed by atoms with Crippen molar-refractivity contribution >= 4 is 23.1 Å². The summed E-state index contributed by atoms with van der Waals surface area (Å²) in [5.41, 5.74) is 3.24. The Morgan fingerprint density at radius 1 is 1.00 bits per heavy atom. The first-order valence-electron chi connectivity index (χ1n) is 8.30. The lowest BCUT2D eigenvalue weighted by Gasteiger charge is -2.13. The van der Waals surface area contributed by atoms with E-state index in [-0.39, 0.29) is 5.91 Å². The molecule has 0 unspecified atom stereocenters. The summed E-state index contributed by atoms with van der Waals surface area (Å²) in [7, 11) is 3.94. The first kappa shape index (κ1) is 17.4. The van der Waals surface area contributed by atoms with Crippen LogP contribution in [0.3, 0.4) is 0 Å². The molecular weight excluding hydrogens is 326 g/mol. The maximum atomic E-state index is 12.4. The number of amides is 1. The quantitative estimate of drug-likeness (QED) is 0.715. The third-order valence-electron chi connectivity index (χ3n) is 3.86. The highest BCUT2D eigenvalue weighted by Crippen LogP contribution is 2.16. The minimum Gasteiger partial charge on any atom is -0.378 e. The van der Waals surface area contributed by atoms with Gasteiger partial charge in [-0.15, -0.1) is 0 Å². The zero-order chi connectivity index (χ0) is 18.4. The van der Waals surface area contributed by atoms with E-state index in [1.54, 1.807) is 6.07 Å². The topological polar surface area (TPSA) is 70.2 Å². The summed E-state index contributed by atoms with van der Waals surface area (Å²) in [5.74, 6) is 0.338. The van der Waals surface area contributed by atoms with Gasteiger partial charge in [-0.3, -0.25) is 4.79 Å². The molecule has 2 N–H and O–H groups in total. The second kappa shape index (κ2) is 8.11. The fraction of sp³-hybridized carbons (Fsp3) is 0.150. The van der Waals surface area contributed by atoms with Gasteiger partial charge >= 0.3 is 0 Å². The molecule has 0 aliphatic heterocycles. The summed E-state index contributed by atoms with van der Waals surface area (Å²) in [6.07, 6.45) is 1.39. The van der Waals surface area contributed by atoms with E-state index in [9.17, 15) is 4.79 Å². The summed E-state index contributed by atoms with van der Waals surface area (Å²) < 4.78 is 0. The zero-order valence-electron chi connectivity index (χ0n) is 14.8. The minimum atomic E-state index is -0.271. The molecule has 6 heteroatoms. The molecule has 6 nitrogen and oxygen atoms in total. The van der Waals surface area contributed by atoms with Gasteiger partial charge in [-0.1, -0.05) is 30.3 Å². The Kier molecular flexibility index (Phi) is 5.43. The average molecular weight is 347 g/mol. The van der Waals surface area contributed by atoms with E-state index in [4.69, 9.17) is 0 Å². The maximum Gasteiger partial charge on any atom is 0.274 e. The molecule has 1 amide bonds. The van der Waals surface area contributed by atoms with Crippen molar-refractivity contribution in [1.29, 1.82) is 0 Å². The molecule has 0 spiro atoms. The van der Waals surface area contributed by atoms with Gasteiger partial charge in [-0.25, -0.2) is 9.97 Å². The Morgan fingerprint density at radius 2 is 1.73 bits per heavy atom. The first-order chi connectivity index (χ1) is 12.6. The smallest absolute Gasteiger partial charge is 0.274 e. The van der Waals surface area contributed by atoms with Crippen molar-refractivity contribution in [3.63, 3.8) is 0 Å². The number of hydrogen-bond acceptors (Lipinski definition) is 5. The number of rotatable bonds is 6.